The Morgan fingerprint density at radius 3 is 2.08 bits per heavy atom. The van der Waals surface area contributed by atoms with Crippen molar-refractivity contribution in [1.82, 2.24) is 24.1 Å². The summed E-state index contributed by atoms with van der Waals surface area (Å²) in [4.78, 5) is 15.2. The number of hydrogen-bond acceptors (Lipinski definition) is 7. The first-order chi connectivity index (χ1) is 18.2. The van der Waals surface area contributed by atoms with Crippen molar-refractivity contribution >= 4 is 22.9 Å². The molecule has 2 aliphatic rings. The quantitative estimate of drug-likeness (QED) is 0.445. The summed E-state index contributed by atoms with van der Waals surface area (Å²) < 4.78 is 13.0. The van der Waals surface area contributed by atoms with Gasteiger partial charge in [0.05, 0.1) is 24.9 Å². The van der Waals surface area contributed by atoms with Crippen LogP contribution in [0.15, 0.2) is 36.7 Å². The van der Waals surface area contributed by atoms with Crippen molar-refractivity contribution in [2.24, 2.45) is 0 Å². The van der Waals surface area contributed by atoms with Crippen LogP contribution in [0, 0.1) is 0 Å². The molecule has 0 spiro atoms. The predicted octanol–water partition coefficient (Wildman–Crippen LogP) is 4.21. The zero-order valence-corrected chi connectivity index (χ0v) is 24.2. The van der Waals surface area contributed by atoms with Crippen LogP contribution in [-0.2, 0) is 0 Å². The molecule has 9 heteroatoms. The van der Waals surface area contributed by atoms with Crippen molar-refractivity contribution in [3.05, 3.63) is 41.7 Å². The normalized spacial score (nSPS) is 18.3. The van der Waals surface area contributed by atoms with Crippen LogP contribution in [0.25, 0.3) is 16.9 Å². The van der Waals surface area contributed by atoms with Crippen molar-refractivity contribution < 1.29 is 9.47 Å². The average molecular weight is 541 g/mol. The summed E-state index contributed by atoms with van der Waals surface area (Å²) in [6.45, 7) is 18.2. The van der Waals surface area contributed by atoms with Crippen LogP contribution < -0.4 is 14.4 Å². The lowest BCUT2D eigenvalue weighted by Crippen LogP contribution is -2.55. The second kappa shape index (κ2) is 11.3. The summed E-state index contributed by atoms with van der Waals surface area (Å²) in [5, 5.41) is 0.533. The van der Waals surface area contributed by atoms with Gasteiger partial charge in [0.25, 0.3) is 0 Å². The zero-order chi connectivity index (χ0) is 26.9. The first-order valence-electron chi connectivity index (χ1n) is 13.6. The molecule has 0 bridgehead atoms. The van der Waals surface area contributed by atoms with E-state index in [2.05, 4.69) is 58.7 Å². The van der Waals surface area contributed by atoms with Crippen LogP contribution in [-0.4, -0.2) is 109 Å². The Morgan fingerprint density at radius 2 is 1.47 bits per heavy atom. The van der Waals surface area contributed by atoms with Gasteiger partial charge < -0.3 is 18.8 Å². The first kappa shape index (κ1) is 27.1. The maximum atomic E-state index is 6.40. The average Bonchev–Trinajstić information content (AvgIpc) is 3.35. The lowest BCUT2D eigenvalue weighted by atomic mass is 10.1. The Hall–Kier alpha value is -2.52. The van der Waals surface area contributed by atoms with E-state index in [0.717, 1.165) is 49.6 Å². The minimum absolute atomic E-state index is 0.277. The summed E-state index contributed by atoms with van der Waals surface area (Å²) in [7, 11) is 3.24. The molecule has 2 aromatic heterocycles. The number of imidazole rings is 1. The van der Waals surface area contributed by atoms with Gasteiger partial charge in [-0.25, -0.2) is 4.98 Å². The maximum Gasteiger partial charge on any atom is 0.141 e. The topological polar surface area (TPSA) is 48.7 Å². The van der Waals surface area contributed by atoms with Crippen LogP contribution in [0.2, 0.25) is 5.02 Å². The van der Waals surface area contributed by atoms with E-state index >= 15 is 0 Å². The van der Waals surface area contributed by atoms with Crippen LogP contribution in [0.5, 0.6) is 11.5 Å². The molecule has 206 valence electrons. The maximum absolute atomic E-state index is 6.40. The third-order valence-corrected chi connectivity index (χ3v) is 8.28. The van der Waals surface area contributed by atoms with Crippen LogP contribution >= 0.6 is 11.6 Å². The van der Waals surface area contributed by atoms with E-state index in [4.69, 9.17) is 26.1 Å². The van der Waals surface area contributed by atoms with Crippen LogP contribution in [0.3, 0.4) is 0 Å². The lowest BCUT2D eigenvalue weighted by Gasteiger charge is -2.43. The number of anilines is 1. The number of pyridine rings is 1. The molecule has 5 rings (SSSR count). The number of halogens is 1. The third kappa shape index (κ3) is 5.88. The molecule has 4 heterocycles. The van der Waals surface area contributed by atoms with Gasteiger partial charge >= 0.3 is 0 Å². The summed E-state index contributed by atoms with van der Waals surface area (Å²) in [6, 6.07) is 8.01. The minimum atomic E-state index is 0.277. The van der Waals surface area contributed by atoms with Crippen molar-refractivity contribution in [3.8, 4) is 22.8 Å². The highest BCUT2D eigenvalue weighted by atomic mass is 35.5. The number of benzene rings is 1. The molecule has 0 N–H and O–H groups in total. The van der Waals surface area contributed by atoms with E-state index in [1.165, 1.54) is 38.4 Å². The zero-order valence-electron chi connectivity index (χ0n) is 23.4. The molecule has 8 nitrogen and oxygen atoms in total. The molecule has 2 fully saturated rings. The van der Waals surface area contributed by atoms with Gasteiger partial charge in [0, 0.05) is 107 Å². The van der Waals surface area contributed by atoms with Crippen LogP contribution in [0.4, 0.5) is 5.69 Å². The van der Waals surface area contributed by atoms with Crippen LogP contribution in [0.1, 0.15) is 20.8 Å². The molecule has 0 saturated carbocycles. The molecule has 3 aromatic rings. The Morgan fingerprint density at radius 1 is 0.842 bits per heavy atom. The molecule has 38 heavy (non-hydrogen) atoms. The van der Waals surface area contributed by atoms with Gasteiger partial charge in [-0.2, -0.15) is 0 Å². The predicted molar refractivity (Wildman–Crippen MR) is 155 cm³/mol. The second-order valence-corrected chi connectivity index (χ2v) is 11.7. The third-order valence-electron chi connectivity index (χ3n) is 7.98. The fourth-order valence-corrected chi connectivity index (χ4v) is 5.75. The Kier molecular flexibility index (Phi) is 8.05. The minimum Gasteiger partial charge on any atom is -0.496 e. The highest BCUT2D eigenvalue weighted by molar-refractivity contribution is 6.32. The number of ether oxygens (including phenoxy) is 2. The molecule has 0 amide bonds. The smallest absolute Gasteiger partial charge is 0.141 e. The Bertz CT molecular complexity index is 1240. The Labute approximate surface area is 231 Å². The summed E-state index contributed by atoms with van der Waals surface area (Å²) in [5.74, 6) is 1.27. The highest BCUT2D eigenvalue weighted by Crippen LogP contribution is 2.38. The van der Waals surface area contributed by atoms with Crippen molar-refractivity contribution in [2.45, 2.75) is 26.3 Å². The number of piperazine rings is 2. The fraction of sp³-hybridized carbons (Fsp3) is 0.552. The van der Waals surface area contributed by atoms with Gasteiger partial charge in [-0.15, -0.1) is 0 Å². The van der Waals surface area contributed by atoms with Gasteiger partial charge in [0.2, 0.25) is 0 Å². The van der Waals surface area contributed by atoms with E-state index in [9.17, 15) is 0 Å². The number of fused-ring (bicyclic) bond motifs is 1. The molecular weight excluding hydrogens is 500 g/mol. The van der Waals surface area contributed by atoms with Crippen molar-refractivity contribution in [2.75, 3.05) is 84.6 Å². The molecule has 0 atom stereocenters. The van der Waals surface area contributed by atoms with Gasteiger partial charge in [0.1, 0.15) is 17.1 Å². The SMILES string of the molecule is COc1cc(OC)c(-c2cn3ccc(N4CCN(CCN5CCN(C(C)(C)C)CC5)CC4)cc3n2)cc1Cl. The molecular formula is C29H41ClN6O2. The molecule has 1 aromatic carbocycles. The summed E-state index contributed by atoms with van der Waals surface area (Å²) in [5.41, 5.74) is 4.06. The second-order valence-electron chi connectivity index (χ2n) is 11.3. The molecule has 2 aliphatic heterocycles. The first-order valence-corrected chi connectivity index (χ1v) is 14.0. The molecule has 0 aliphatic carbocycles. The van der Waals surface area contributed by atoms with Gasteiger partial charge in [-0.1, -0.05) is 11.6 Å². The summed E-state index contributed by atoms with van der Waals surface area (Å²) >= 11 is 6.40. The lowest BCUT2D eigenvalue weighted by molar-refractivity contribution is 0.0571. The van der Waals surface area contributed by atoms with Gasteiger partial charge in [0.15, 0.2) is 0 Å². The van der Waals surface area contributed by atoms with E-state index in [1.807, 2.05) is 16.7 Å². The number of hydrogen-bond donors (Lipinski definition) is 0. The van der Waals surface area contributed by atoms with Crippen molar-refractivity contribution in [3.63, 3.8) is 0 Å². The standard InChI is InChI=1S/C29H41ClN6O2/c1-29(2,3)36-16-12-33(13-17-36)9-8-32-10-14-34(15-11-32)22-6-7-35-21-25(31-28(35)18-22)23-19-24(30)27(38-5)20-26(23)37-4/h6-7,18-21H,8-17H2,1-5H3. The number of methoxy groups -OCH3 is 2. The highest BCUT2D eigenvalue weighted by Gasteiger charge is 2.26. The molecule has 0 radical (unpaired) electrons. The molecule has 2 saturated heterocycles. The largest absolute Gasteiger partial charge is 0.496 e. The summed E-state index contributed by atoms with van der Waals surface area (Å²) in [6.07, 6.45) is 4.10. The molecule has 0 unspecified atom stereocenters. The number of aromatic nitrogens is 2. The monoisotopic (exact) mass is 540 g/mol. The van der Waals surface area contributed by atoms with Crippen molar-refractivity contribution in [1.29, 1.82) is 0 Å². The van der Waals surface area contributed by atoms with E-state index in [-0.39, 0.29) is 5.54 Å². The van der Waals surface area contributed by atoms with Gasteiger partial charge in [-0.05, 0) is 32.9 Å². The fourth-order valence-electron chi connectivity index (χ4n) is 5.51. The van der Waals surface area contributed by atoms with Gasteiger partial charge in [-0.3, -0.25) is 14.7 Å². The number of nitrogens with zero attached hydrogens (tertiary/aromatic N) is 6. The Balaban J connectivity index is 1.18. The van der Waals surface area contributed by atoms with E-state index in [0.29, 0.717) is 16.5 Å². The van der Waals surface area contributed by atoms with E-state index in [1.54, 1.807) is 20.3 Å². The number of rotatable bonds is 7. The van der Waals surface area contributed by atoms with E-state index < -0.39 is 0 Å².